The predicted molar refractivity (Wildman–Crippen MR) is 66.8 cm³/mol. The quantitative estimate of drug-likeness (QED) is 0.745. The van der Waals surface area contributed by atoms with Crippen molar-refractivity contribution in [2.24, 2.45) is 0 Å². The fourth-order valence-corrected chi connectivity index (χ4v) is 2.89. The average molecular weight is 327 g/mol. The van der Waals surface area contributed by atoms with E-state index in [1.54, 1.807) is 0 Å². The smallest absolute Gasteiger partial charge is 0.0325 e. The van der Waals surface area contributed by atoms with Gasteiger partial charge in [-0.1, -0.05) is 15.9 Å². The molecule has 0 saturated carbocycles. The molecule has 0 spiro atoms. The van der Waals surface area contributed by atoms with E-state index in [4.69, 9.17) is 0 Å². The highest BCUT2D eigenvalue weighted by Gasteiger charge is 2.01. The molecular weight excluding hydrogens is 314 g/mol. The van der Waals surface area contributed by atoms with Crippen LogP contribution in [-0.2, 0) is 6.54 Å². The van der Waals surface area contributed by atoms with Crippen LogP contribution in [0.1, 0.15) is 11.3 Å². The van der Waals surface area contributed by atoms with Gasteiger partial charge in [0.25, 0.3) is 0 Å². The first-order chi connectivity index (χ1) is 6.22. The van der Waals surface area contributed by atoms with Crippen LogP contribution in [0.2, 0.25) is 0 Å². The molecule has 74 valence electrons. The number of nitrogens with zero attached hydrogens (tertiary/aromatic N) is 1. The molecule has 0 saturated heterocycles. The van der Waals surface area contributed by atoms with Gasteiger partial charge >= 0.3 is 0 Å². The number of halogens is 2. The monoisotopic (exact) mass is 325 g/mol. The maximum Gasteiger partial charge on any atom is 0.0325 e. The van der Waals surface area contributed by atoms with Crippen molar-refractivity contribution >= 4 is 43.2 Å². The number of hydrogen-bond donors (Lipinski definition) is 0. The Labute approximate surface area is 100 Å². The average Bonchev–Trinajstić information content (AvgIpc) is 2.48. The van der Waals surface area contributed by atoms with E-state index in [-0.39, 0.29) is 0 Å². The molecule has 1 aromatic heterocycles. The standard InChI is InChI=1S/C9H13Br2NS/c1-12(4-2-3-10)6-9-5-8(11)7-13-9/h5,7H,2-4,6H2,1H3. The van der Waals surface area contributed by atoms with Crippen LogP contribution in [0, 0.1) is 0 Å². The van der Waals surface area contributed by atoms with Gasteiger partial charge in [0, 0.05) is 26.6 Å². The van der Waals surface area contributed by atoms with Crippen molar-refractivity contribution in [2.45, 2.75) is 13.0 Å². The van der Waals surface area contributed by atoms with Gasteiger partial charge in [-0.05, 0) is 42.0 Å². The molecule has 0 atom stereocenters. The third kappa shape index (κ3) is 4.58. The second kappa shape index (κ2) is 6.17. The summed E-state index contributed by atoms with van der Waals surface area (Å²) in [4.78, 5) is 3.77. The van der Waals surface area contributed by atoms with Crippen LogP contribution >= 0.6 is 43.2 Å². The van der Waals surface area contributed by atoms with E-state index in [0.29, 0.717) is 0 Å². The van der Waals surface area contributed by atoms with Crippen molar-refractivity contribution in [3.63, 3.8) is 0 Å². The molecule has 0 amide bonds. The molecule has 1 aromatic rings. The molecule has 0 N–H and O–H groups in total. The summed E-state index contributed by atoms with van der Waals surface area (Å²) < 4.78 is 1.20. The zero-order valence-electron chi connectivity index (χ0n) is 7.59. The van der Waals surface area contributed by atoms with Crippen LogP contribution in [0.3, 0.4) is 0 Å². The molecule has 1 nitrogen and oxygen atoms in total. The topological polar surface area (TPSA) is 3.24 Å². The predicted octanol–water partition coefficient (Wildman–Crippen LogP) is 3.73. The van der Waals surface area contributed by atoms with Gasteiger partial charge in [0.1, 0.15) is 0 Å². The van der Waals surface area contributed by atoms with Crippen LogP contribution < -0.4 is 0 Å². The van der Waals surface area contributed by atoms with E-state index in [0.717, 1.165) is 18.4 Å². The Kier molecular flexibility index (Phi) is 5.55. The fourth-order valence-electron chi connectivity index (χ4n) is 1.11. The minimum atomic E-state index is 1.06. The van der Waals surface area contributed by atoms with Crippen molar-refractivity contribution < 1.29 is 0 Å². The van der Waals surface area contributed by atoms with Gasteiger partial charge in [0.2, 0.25) is 0 Å². The van der Waals surface area contributed by atoms with E-state index in [1.807, 2.05) is 11.3 Å². The van der Waals surface area contributed by atoms with Crippen LogP contribution in [0.25, 0.3) is 0 Å². The number of rotatable bonds is 5. The molecule has 0 radical (unpaired) electrons. The lowest BCUT2D eigenvalue weighted by atomic mass is 10.4. The largest absolute Gasteiger partial charge is 0.301 e. The zero-order chi connectivity index (χ0) is 9.68. The highest BCUT2D eigenvalue weighted by atomic mass is 79.9. The molecule has 1 rings (SSSR count). The second-order valence-electron chi connectivity index (χ2n) is 3.01. The molecule has 0 aliphatic carbocycles. The number of thiophene rings is 1. The lowest BCUT2D eigenvalue weighted by Gasteiger charge is -2.14. The normalized spacial score (nSPS) is 11.1. The SMILES string of the molecule is CN(CCCBr)Cc1cc(Br)cs1. The minimum Gasteiger partial charge on any atom is -0.301 e. The third-order valence-corrected chi connectivity index (χ3v) is 3.96. The van der Waals surface area contributed by atoms with Gasteiger partial charge in [-0.15, -0.1) is 11.3 Å². The Balaban J connectivity index is 2.31. The van der Waals surface area contributed by atoms with Crippen molar-refractivity contribution in [3.8, 4) is 0 Å². The first-order valence-electron chi connectivity index (χ1n) is 4.20. The van der Waals surface area contributed by atoms with Crippen LogP contribution in [0.5, 0.6) is 0 Å². The summed E-state index contributed by atoms with van der Waals surface area (Å²) in [7, 11) is 2.16. The second-order valence-corrected chi connectivity index (χ2v) is 5.72. The Bertz CT molecular complexity index is 250. The van der Waals surface area contributed by atoms with E-state index >= 15 is 0 Å². The summed E-state index contributed by atoms with van der Waals surface area (Å²) in [6, 6.07) is 2.19. The van der Waals surface area contributed by atoms with E-state index in [9.17, 15) is 0 Å². The van der Waals surface area contributed by atoms with Gasteiger partial charge in [-0.25, -0.2) is 0 Å². The van der Waals surface area contributed by atoms with Crippen molar-refractivity contribution in [1.82, 2.24) is 4.90 Å². The van der Waals surface area contributed by atoms with E-state index < -0.39 is 0 Å². The van der Waals surface area contributed by atoms with Gasteiger partial charge < -0.3 is 4.90 Å². The molecule has 0 aromatic carbocycles. The molecule has 0 unspecified atom stereocenters. The summed E-state index contributed by atoms with van der Waals surface area (Å²) in [5.74, 6) is 0. The summed E-state index contributed by atoms with van der Waals surface area (Å²) in [5.41, 5.74) is 0. The Morgan fingerprint density at radius 3 is 2.85 bits per heavy atom. The molecule has 4 heteroatoms. The Morgan fingerprint density at radius 1 is 1.54 bits per heavy atom. The lowest BCUT2D eigenvalue weighted by molar-refractivity contribution is 0.332. The summed E-state index contributed by atoms with van der Waals surface area (Å²) in [6.45, 7) is 2.21. The Morgan fingerprint density at radius 2 is 2.31 bits per heavy atom. The van der Waals surface area contributed by atoms with Crippen LogP contribution in [0.15, 0.2) is 15.9 Å². The molecule has 0 aliphatic heterocycles. The first-order valence-corrected chi connectivity index (χ1v) is 6.99. The van der Waals surface area contributed by atoms with Gasteiger partial charge in [0.15, 0.2) is 0 Å². The Hall–Kier alpha value is 0.620. The fraction of sp³-hybridized carbons (Fsp3) is 0.556. The zero-order valence-corrected chi connectivity index (χ0v) is 11.6. The molecular formula is C9H13Br2NS. The molecule has 0 bridgehead atoms. The first kappa shape index (κ1) is 11.7. The maximum atomic E-state index is 3.46. The highest BCUT2D eigenvalue weighted by Crippen LogP contribution is 2.20. The molecule has 1 heterocycles. The van der Waals surface area contributed by atoms with E-state index in [2.05, 4.69) is 55.3 Å². The van der Waals surface area contributed by atoms with Gasteiger partial charge in [-0.2, -0.15) is 0 Å². The molecule has 0 aliphatic rings. The maximum absolute atomic E-state index is 3.46. The summed E-state index contributed by atoms with van der Waals surface area (Å²) in [5, 5.41) is 3.22. The van der Waals surface area contributed by atoms with Crippen molar-refractivity contribution in [2.75, 3.05) is 18.9 Å². The highest BCUT2D eigenvalue weighted by molar-refractivity contribution is 9.10. The van der Waals surface area contributed by atoms with Crippen LogP contribution in [-0.4, -0.2) is 23.8 Å². The van der Waals surface area contributed by atoms with Crippen molar-refractivity contribution in [1.29, 1.82) is 0 Å². The summed E-state index contributed by atoms with van der Waals surface area (Å²) in [6.07, 6.45) is 1.21. The van der Waals surface area contributed by atoms with Crippen molar-refractivity contribution in [3.05, 3.63) is 20.8 Å². The third-order valence-electron chi connectivity index (χ3n) is 1.72. The van der Waals surface area contributed by atoms with Crippen LogP contribution in [0.4, 0.5) is 0 Å². The minimum absolute atomic E-state index is 1.06. The number of hydrogen-bond acceptors (Lipinski definition) is 2. The van der Waals surface area contributed by atoms with Gasteiger partial charge in [-0.3, -0.25) is 0 Å². The lowest BCUT2D eigenvalue weighted by Crippen LogP contribution is -2.18. The van der Waals surface area contributed by atoms with E-state index in [1.165, 1.54) is 15.8 Å². The molecule has 0 fully saturated rings. The summed E-state index contributed by atoms with van der Waals surface area (Å²) >= 11 is 8.71. The molecule has 13 heavy (non-hydrogen) atoms. The number of alkyl halides is 1. The van der Waals surface area contributed by atoms with Gasteiger partial charge in [0.05, 0.1) is 0 Å².